The molecule has 1 atom stereocenters. The molecule has 0 fully saturated rings. The fourth-order valence-corrected chi connectivity index (χ4v) is 1.19. The monoisotopic (exact) mass is 230 g/mol. The Balaban J connectivity index is 4.56. The molecule has 4 N–H and O–H groups in total. The maximum atomic E-state index is 12.1. The SMILES string of the molecule is CCC(CCO)NC(=O)C(C)(C)C(C)(C)N. The molecule has 1 amide bonds. The number of nitrogens with one attached hydrogen (secondary N) is 1. The zero-order chi connectivity index (χ0) is 13.0. The Bertz CT molecular complexity index is 232. The molecule has 1 unspecified atom stereocenters. The molecule has 0 aromatic carbocycles. The molecule has 0 aliphatic rings. The molecular formula is C12H26N2O2. The fraction of sp³-hybridized carbons (Fsp3) is 0.917. The lowest BCUT2D eigenvalue weighted by Gasteiger charge is -2.38. The number of hydrogen-bond donors (Lipinski definition) is 3. The van der Waals surface area contributed by atoms with Crippen molar-refractivity contribution < 1.29 is 9.90 Å². The van der Waals surface area contributed by atoms with Crippen molar-refractivity contribution in [3.05, 3.63) is 0 Å². The average Bonchev–Trinajstić information content (AvgIpc) is 2.15. The first kappa shape index (κ1) is 15.4. The van der Waals surface area contributed by atoms with Crippen molar-refractivity contribution in [3.8, 4) is 0 Å². The van der Waals surface area contributed by atoms with E-state index in [1.165, 1.54) is 0 Å². The molecule has 0 rings (SSSR count). The second-order valence-corrected chi connectivity index (χ2v) is 5.44. The minimum atomic E-state index is -0.629. The van der Waals surface area contributed by atoms with Crippen LogP contribution >= 0.6 is 0 Å². The Morgan fingerprint density at radius 1 is 1.38 bits per heavy atom. The molecule has 96 valence electrons. The highest BCUT2D eigenvalue weighted by molar-refractivity contribution is 5.83. The van der Waals surface area contributed by atoms with E-state index in [2.05, 4.69) is 5.32 Å². The van der Waals surface area contributed by atoms with Crippen LogP contribution in [0, 0.1) is 5.41 Å². The van der Waals surface area contributed by atoms with Crippen molar-refractivity contribution in [1.82, 2.24) is 5.32 Å². The molecule has 0 saturated carbocycles. The van der Waals surface area contributed by atoms with Crippen molar-refractivity contribution in [2.75, 3.05) is 6.61 Å². The van der Waals surface area contributed by atoms with E-state index < -0.39 is 11.0 Å². The Kier molecular flexibility index (Phi) is 5.42. The van der Waals surface area contributed by atoms with E-state index >= 15 is 0 Å². The van der Waals surface area contributed by atoms with E-state index in [1.807, 2.05) is 34.6 Å². The number of rotatable bonds is 6. The van der Waals surface area contributed by atoms with Gasteiger partial charge in [0.15, 0.2) is 0 Å². The average molecular weight is 230 g/mol. The number of aliphatic hydroxyl groups is 1. The van der Waals surface area contributed by atoms with Gasteiger partial charge in [-0.3, -0.25) is 4.79 Å². The summed E-state index contributed by atoms with van der Waals surface area (Å²) in [4.78, 5) is 12.1. The number of hydrogen-bond acceptors (Lipinski definition) is 3. The first-order valence-corrected chi connectivity index (χ1v) is 5.87. The van der Waals surface area contributed by atoms with E-state index in [1.54, 1.807) is 0 Å². The van der Waals surface area contributed by atoms with Gasteiger partial charge in [-0.2, -0.15) is 0 Å². The molecule has 4 heteroatoms. The molecule has 0 radical (unpaired) electrons. The van der Waals surface area contributed by atoms with Crippen molar-refractivity contribution in [3.63, 3.8) is 0 Å². The van der Waals surface area contributed by atoms with Crippen LogP contribution in [0.15, 0.2) is 0 Å². The van der Waals surface area contributed by atoms with Crippen LogP contribution in [0.1, 0.15) is 47.5 Å². The maximum Gasteiger partial charge on any atom is 0.227 e. The Labute approximate surface area is 98.6 Å². The molecule has 0 bridgehead atoms. The summed E-state index contributed by atoms with van der Waals surface area (Å²) >= 11 is 0. The zero-order valence-corrected chi connectivity index (χ0v) is 11.1. The van der Waals surface area contributed by atoms with E-state index in [0.717, 1.165) is 6.42 Å². The summed E-state index contributed by atoms with van der Waals surface area (Å²) in [6.07, 6.45) is 1.40. The Morgan fingerprint density at radius 2 is 1.88 bits per heavy atom. The third kappa shape index (κ3) is 3.76. The summed E-state index contributed by atoms with van der Waals surface area (Å²) in [5.74, 6) is -0.0553. The van der Waals surface area contributed by atoms with Crippen molar-refractivity contribution in [1.29, 1.82) is 0 Å². The van der Waals surface area contributed by atoms with Gasteiger partial charge in [-0.1, -0.05) is 6.92 Å². The van der Waals surface area contributed by atoms with Crippen LogP contribution in [0.2, 0.25) is 0 Å². The van der Waals surface area contributed by atoms with Gasteiger partial charge < -0.3 is 16.2 Å². The van der Waals surface area contributed by atoms with Crippen LogP contribution in [0.3, 0.4) is 0 Å². The third-order valence-electron chi connectivity index (χ3n) is 3.48. The predicted molar refractivity (Wildman–Crippen MR) is 66.0 cm³/mol. The lowest BCUT2D eigenvalue weighted by atomic mass is 9.74. The first-order valence-electron chi connectivity index (χ1n) is 5.87. The van der Waals surface area contributed by atoms with Gasteiger partial charge in [0.1, 0.15) is 0 Å². The molecule has 0 aliphatic carbocycles. The smallest absolute Gasteiger partial charge is 0.227 e. The van der Waals surface area contributed by atoms with Gasteiger partial charge in [0, 0.05) is 18.2 Å². The molecule has 0 aromatic rings. The highest BCUT2D eigenvalue weighted by Crippen LogP contribution is 2.28. The van der Waals surface area contributed by atoms with Crippen LogP contribution in [0.4, 0.5) is 0 Å². The molecule has 0 heterocycles. The van der Waals surface area contributed by atoms with Gasteiger partial charge in [0.05, 0.1) is 5.41 Å². The Hall–Kier alpha value is -0.610. The number of aliphatic hydroxyl groups excluding tert-OH is 1. The largest absolute Gasteiger partial charge is 0.396 e. The van der Waals surface area contributed by atoms with Gasteiger partial charge in [-0.25, -0.2) is 0 Å². The number of carbonyl (C=O) groups excluding carboxylic acids is 1. The van der Waals surface area contributed by atoms with E-state index in [0.29, 0.717) is 6.42 Å². The lowest BCUT2D eigenvalue weighted by Crippen LogP contribution is -2.57. The minimum absolute atomic E-state index is 0.0270. The highest BCUT2D eigenvalue weighted by atomic mass is 16.3. The number of nitrogens with two attached hydrogens (primary N) is 1. The summed E-state index contributed by atoms with van der Waals surface area (Å²) < 4.78 is 0. The minimum Gasteiger partial charge on any atom is -0.396 e. The second kappa shape index (κ2) is 5.64. The van der Waals surface area contributed by atoms with Crippen molar-refractivity contribution in [2.24, 2.45) is 11.1 Å². The van der Waals surface area contributed by atoms with Crippen molar-refractivity contribution >= 4 is 5.91 Å². The van der Waals surface area contributed by atoms with E-state index in [4.69, 9.17) is 10.8 Å². The van der Waals surface area contributed by atoms with Crippen LogP contribution in [0.25, 0.3) is 0 Å². The molecule has 4 nitrogen and oxygen atoms in total. The third-order valence-corrected chi connectivity index (χ3v) is 3.48. The molecule has 16 heavy (non-hydrogen) atoms. The van der Waals surface area contributed by atoms with E-state index in [9.17, 15) is 4.79 Å². The predicted octanol–water partition coefficient (Wildman–Crippen LogP) is 1.03. The lowest BCUT2D eigenvalue weighted by molar-refractivity contribution is -0.133. The molecule has 0 saturated heterocycles. The van der Waals surface area contributed by atoms with Crippen LogP contribution < -0.4 is 11.1 Å². The van der Waals surface area contributed by atoms with Gasteiger partial charge in [-0.05, 0) is 40.5 Å². The fourth-order valence-electron chi connectivity index (χ4n) is 1.19. The van der Waals surface area contributed by atoms with Gasteiger partial charge >= 0.3 is 0 Å². The summed E-state index contributed by atoms with van der Waals surface area (Å²) in [5.41, 5.74) is 4.79. The van der Waals surface area contributed by atoms with Crippen molar-refractivity contribution in [2.45, 2.75) is 59.0 Å². The highest BCUT2D eigenvalue weighted by Gasteiger charge is 2.40. The van der Waals surface area contributed by atoms with Crippen LogP contribution in [-0.4, -0.2) is 29.2 Å². The van der Waals surface area contributed by atoms with Gasteiger partial charge in [-0.15, -0.1) is 0 Å². The summed E-state index contributed by atoms with van der Waals surface area (Å²) in [7, 11) is 0. The number of carbonyl (C=O) groups is 1. The molecule has 0 aromatic heterocycles. The molecular weight excluding hydrogens is 204 g/mol. The van der Waals surface area contributed by atoms with Gasteiger partial charge in [0.2, 0.25) is 5.91 Å². The molecule has 0 aliphatic heterocycles. The van der Waals surface area contributed by atoms with E-state index in [-0.39, 0.29) is 18.6 Å². The first-order chi connectivity index (χ1) is 7.16. The topological polar surface area (TPSA) is 75.3 Å². The van der Waals surface area contributed by atoms with Crippen LogP contribution in [0.5, 0.6) is 0 Å². The summed E-state index contributed by atoms with van der Waals surface area (Å²) in [6, 6.07) is 0.0270. The summed E-state index contributed by atoms with van der Waals surface area (Å²) in [5, 5.41) is 11.8. The normalized spacial score (nSPS) is 14.7. The summed E-state index contributed by atoms with van der Waals surface area (Å²) in [6.45, 7) is 9.45. The Morgan fingerprint density at radius 3 is 2.19 bits per heavy atom. The second-order valence-electron chi connectivity index (χ2n) is 5.44. The quantitative estimate of drug-likeness (QED) is 0.638. The maximum absolute atomic E-state index is 12.1. The molecule has 0 spiro atoms. The van der Waals surface area contributed by atoms with Gasteiger partial charge in [0.25, 0.3) is 0 Å². The van der Waals surface area contributed by atoms with Crippen LogP contribution in [-0.2, 0) is 4.79 Å². The number of amides is 1. The zero-order valence-electron chi connectivity index (χ0n) is 11.1. The standard InChI is InChI=1S/C12H26N2O2/c1-6-9(7-8-15)14-10(16)11(2,3)12(4,5)13/h9,15H,6-8,13H2,1-5H3,(H,14,16).